The maximum Gasteiger partial charge on any atom is 0.224 e. The fraction of sp³-hybridized carbons (Fsp3) is 0.458. The molecule has 0 radical (unpaired) electrons. The second-order valence-electron chi connectivity index (χ2n) is 7.32. The number of carbonyl (C=O) groups excluding carboxylic acids is 1. The first-order chi connectivity index (χ1) is 13.7. The zero-order chi connectivity index (χ0) is 20.0. The third-order valence-corrected chi connectivity index (χ3v) is 4.76. The first kappa shape index (κ1) is 21.8. The van der Waals surface area contributed by atoms with Gasteiger partial charge in [0, 0.05) is 17.8 Å². The van der Waals surface area contributed by atoms with Crippen molar-refractivity contribution in [1.82, 2.24) is 0 Å². The predicted octanol–water partition coefficient (Wildman–Crippen LogP) is 6.92. The Balaban J connectivity index is 1.60. The van der Waals surface area contributed by atoms with Crippen molar-refractivity contribution in [2.75, 3.05) is 11.1 Å². The molecule has 28 heavy (non-hydrogen) atoms. The van der Waals surface area contributed by atoms with Gasteiger partial charge >= 0.3 is 0 Å². The molecule has 0 aromatic heterocycles. The van der Waals surface area contributed by atoms with Crippen molar-refractivity contribution in [2.24, 2.45) is 0 Å². The fourth-order valence-electron chi connectivity index (χ4n) is 3.10. The van der Waals surface area contributed by atoms with E-state index in [1.165, 1.54) is 44.9 Å². The zero-order valence-electron chi connectivity index (χ0n) is 17.1. The summed E-state index contributed by atoms with van der Waals surface area (Å²) in [7, 11) is 0. The van der Waals surface area contributed by atoms with Gasteiger partial charge in [-0.3, -0.25) is 4.79 Å². The van der Waals surface area contributed by atoms with Gasteiger partial charge in [-0.1, -0.05) is 58.3 Å². The molecule has 2 rings (SSSR count). The molecule has 0 atom stereocenters. The van der Waals surface area contributed by atoms with Crippen molar-refractivity contribution >= 4 is 17.3 Å². The maximum atomic E-state index is 12.1. The summed E-state index contributed by atoms with van der Waals surface area (Å²) in [5, 5.41) is 2.95. The van der Waals surface area contributed by atoms with Gasteiger partial charge in [-0.25, -0.2) is 0 Å². The van der Waals surface area contributed by atoms with Crippen LogP contribution in [0, 0.1) is 0 Å². The Labute approximate surface area is 169 Å². The molecule has 152 valence electrons. The van der Waals surface area contributed by atoms with Crippen molar-refractivity contribution in [3.05, 3.63) is 48.5 Å². The van der Waals surface area contributed by atoms with Gasteiger partial charge in [-0.2, -0.15) is 0 Å². The van der Waals surface area contributed by atoms with Crippen molar-refractivity contribution in [3.8, 4) is 11.5 Å². The molecule has 0 aliphatic carbocycles. The highest BCUT2D eigenvalue weighted by Crippen LogP contribution is 2.24. The van der Waals surface area contributed by atoms with Gasteiger partial charge in [0.2, 0.25) is 5.91 Å². The average Bonchev–Trinajstić information content (AvgIpc) is 2.70. The fourth-order valence-corrected chi connectivity index (χ4v) is 3.10. The number of ether oxygens (including phenoxy) is 1. The highest BCUT2D eigenvalue weighted by atomic mass is 16.5. The molecule has 4 heteroatoms. The number of nitrogens with one attached hydrogen (secondary N) is 1. The Hall–Kier alpha value is -2.49. The minimum absolute atomic E-state index is 0.0788. The van der Waals surface area contributed by atoms with Crippen molar-refractivity contribution in [2.45, 2.75) is 71.1 Å². The van der Waals surface area contributed by atoms with Crippen LogP contribution in [-0.4, -0.2) is 5.91 Å². The summed E-state index contributed by atoms with van der Waals surface area (Å²) in [6, 6.07) is 14.7. The minimum Gasteiger partial charge on any atom is -0.457 e. The third kappa shape index (κ3) is 8.94. The summed E-state index contributed by atoms with van der Waals surface area (Å²) in [6.45, 7) is 2.24. The van der Waals surface area contributed by atoms with Crippen LogP contribution in [0.5, 0.6) is 11.5 Å². The number of nitrogen functional groups attached to an aromatic ring is 1. The van der Waals surface area contributed by atoms with E-state index in [1.54, 1.807) is 12.1 Å². The lowest BCUT2D eigenvalue weighted by atomic mass is 10.1. The first-order valence-corrected chi connectivity index (χ1v) is 10.6. The van der Waals surface area contributed by atoms with Crippen LogP contribution >= 0.6 is 0 Å². The monoisotopic (exact) mass is 382 g/mol. The number of hydrogen-bond acceptors (Lipinski definition) is 3. The van der Waals surface area contributed by atoms with Gasteiger partial charge in [-0.15, -0.1) is 0 Å². The summed E-state index contributed by atoms with van der Waals surface area (Å²) in [6.07, 6.45) is 11.9. The van der Waals surface area contributed by atoms with E-state index in [4.69, 9.17) is 10.5 Å². The van der Waals surface area contributed by atoms with E-state index in [-0.39, 0.29) is 5.91 Å². The lowest BCUT2D eigenvalue weighted by Gasteiger charge is -2.08. The number of amides is 1. The number of rotatable bonds is 13. The Morgan fingerprint density at radius 2 is 1.29 bits per heavy atom. The highest BCUT2D eigenvalue weighted by Gasteiger charge is 2.03. The second kappa shape index (κ2) is 12.8. The molecule has 0 saturated heterocycles. The van der Waals surface area contributed by atoms with Gasteiger partial charge in [0.05, 0.1) is 0 Å². The number of benzene rings is 2. The Bertz CT molecular complexity index is 681. The van der Waals surface area contributed by atoms with Gasteiger partial charge in [-0.05, 0) is 55.0 Å². The molecule has 2 aromatic rings. The van der Waals surface area contributed by atoms with Crippen LogP contribution in [0.25, 0.3) is 0 Å². The predicted molar refractivity (Wildman–Crippen MR) is 118 cm³/mol. The molecule has 2 aromatic carbocycles. The van der Waals surface area contributed by atoms with Crippen LogP contribution < -0.4 is 15.8 Å². The minimum atomic E-state index is 0.0788. The van der Waals surface area contributed by atoms with E-state index in [0.717, 1.165) is 30.0 Å². The van der Waals surface area contributed by atoms with E-state index in [9.17, 15) is 4.79 Å². The number of unbranched alkanes of at least 4 members (excludes halogenated alkanes) is 8. The average molecular weight is 383 g/mol. The second-order valence-corrected chi connectivity index (χ2v) is 7.32. The number of carbonyl (C=O) groups is 1. The Morgan fingerprint density at radius 1 is 0.786 bits per heavy atom. The van der Waals surface area contributed by atoms with E-state index in [2.05, 4.69) is 12.2 Å². The SMILES string of the molecule is CCCCCCCCCCCC(=O)Nc1ccc(Oc2ccc(N)cc2)cc1. The lowest BCUT2D eigenvalue weighted by molar-refractivity contribution is -0.116. The van der Waals surface area contributed by atoms with Crippen LogP contribution in [0.4, 0.5) is 11.4 Å². The normalized spacial score (nSPS) is 10.6. The van der Waals surface area contributed by atoms with Crippen molar-refractivity contribution in [1.29, 1.82) is 0 Å². The molecule has 0 aliphatic rings. The third-order valence-electron chi connectivity index (χ3n) is 4.76. The van der Waals surface area contributed by atoms with Gasteiger partial charge in [0.25, 0.3) is 0 Å². The molecule has 1 amide bonds. The maximum absolute atomic E-state index is 12.1. The molecule has 0 spiro atoms. The van der Waals surface area contributed by atoms with E-state index >= 15 is 0 Å². The molecule has 0 heterocycles. The van der Waals surface area contributed by atoms with Gasteiger partial charge < -0.3 is 15.8 Å². The molecular formula is C24H34N2O2. The molecule has 0 fully saturated rings. The first-order valence-electron chi connectivity index (χ1n) is 10.6. The smallest absolute Gasteiger partial charge is 0.224 e. The van der Waals surface area contributed by atoms with Crippen LogP contribution in [0.15, 0.2) is 48.5 Å². The van der Waals surface area contributed by atoms with E-state index in [0.29, 0.717) is 12.1 Å². The molecule has 3 N–H and O–H groups in total. The van der Waals surface area contributed by atoms with Crippen LogP contribution in [-0.2, 0) is 4.79 Å². The summed E-state index contributed by atoms with van der Waals surface area (Å²) in [4.78, 5) is 12.1. The molecular weight excluding hydrogens is 348 g/mol. The summed E-state index contributed by atoms with van der Waals surface area (Å²) < 4.78 is 5.76. The van der Waals surface area contributed by atoms with Gasteiger partial charge in [0.15, 0.2) is 0 Å². The van der Waals surface area contributed by atoms with E-state index in [1.807, 2.05) is 36.4 Å². The molecule has 0 saturated carbocycles. The van der Waals surface area contributed by atoms with Crippen LogP contribution in [0.3, 0.4) is 0 Å². The quantitative estimate of drug-likeness (QED) is 0.292. The zero-order valence-corrected chi connectivity index (χ0v) is 17.1. The molecule has 0 aliphatic heterocycles. The van der Waals surface area contributed by atoms with Crippen LogP contribution in [0.1, 0.15) is 71.1 Å². The molecule has 0 unspecified atom stereocenters. The largest absolute Gasteiger partial charge is 0.457 e. The Morgan fingerprint density at radius 3 is 1.86 bits per heavy atom. The highest BCUT2D eigenvalue weighted by molar-refractivity contribution is 5.90. The summed E-state index contributed by atoms with van der Waals surface area (Å²) in [5.41, 5.74) is 7.17. The van der Waals surface area contributed by atoms with Gasteiger partial charge in [0.1, 0.15) is 11.5 Å². The van der Waals surface area contributed by atoms with Crippen molar-refractivity contribution in [3.63, 3.8) is 0 Å². The summed E-state index contributed by atoms with van der Waals surface area (Å²) in [5.74, 6) is 1.54. The van der Waals surface area contributed by atoms with Crippen molar-refractivity contribution < 1.29 is 9.53 Å². The molecule has 4 nitrogen and oxygen atoms in total. The number of nitrogens with two attached hydrogens (primary N) is 1. The van der Waals surface area contributed by atoms with E-state index < -0.39 is 0 Å². The van der Waals surface area contributed by atoms with Crippen LogP contribution in [0.2, 0.25) is 0 Å². The number of anilines is 2. The lowest BCUT2D eigenvalue weighted by Crippen LogP contribution is -2.10. The molecule has 0 bridgehead atoms. The number of hydrogen-bond donors (Lipinski definition) is 2. The summed E-state index contributed by atoms with van der Waals surface area (Å²) >= 11 is 0. The standard InChI is InChI=1S/C24H34N2O2/c1-2-3-4-5-6-7-8-9-10-11-24(27)26-21-14-18-23(19-15-21)28-22-16-12-20(25)13-17-22/h12-19H,2-11,25H2,1H3,(H,26,27). The topological polar surface area (TPSA) is 64.3 Å². The Kier molecular flexibility index (Phi) is 9.98.